The van der Waals surface area contributed by atoms with Crippen molar-refractivity contribution >= 4 is 26.7 Å². The zero-order valence-corrected chi connectivity index (χ0v) is 16.1. The van der Waals surface area contributed by atoms with Gasteiger partial charge in [-0.2, -0.15) is 4.31 Å². The normalized spacial score (nSPS) is 17.6. The Balaban J connectivity index is 1.54. The zero-order valence-electron chi connectivity index (χ0n) is 15.3. The van der Waals surface area contributed by atoms with E-state index in [-0.39, 0.29) is 10.8 Å². The molecule has 0 radical (unpaired) electrons. The van der Waals surface area contributed by atoms with E-state index >= 15 is 0 Å². The standard InChI is InChI=1S/C21H21N3O3S/c25-21(23-15-16-5-3-11-22-14-16)20-8-4-12-24(20)28(26,27)19-10-9-17-6-1-2-7-18(17)13-19/h1-3,5-7,9-11,13-14,20H,4,8,12,15H2,(H,23,25)/t20-/m0/s1. The van der Waals surface area contributed by atoms with Crippen LogP contribution in [0.5, 0.6) is 0 Å². The molecule has 7 heteroatoms. The smallest absolute Gasteiger partial charge is 0.243 e. The third-order valence-corrected chi connectivity index (χ3v) is 6.93. The van der Waals surface area contributed by atoms with Gasteiger partial charge in [0.2, 0.25) is 15.9 Å². The number of amides is 1. The molecule has 1 amide bonds. The van der Waals surface area contributed by atoms with Gasteiger partial charge in [-0.25, -0.2) is 8.42 Å². The number of nitrogens with zero attached hydrogens (tertiary/aromatic N) is 2. The van der Waals surface area contributed by atoms with Crippen LogP contribution in [0, 0.1) is 0 Å². The van der Waals surface area contributed by atoms with E-state index in [1.54, 1.807) is 36.7 Å². The average Bonchev–Trinajstić information content (AvgIpc) is 3.23. The fraction of sp³-hybridized carbons (Fsp3) is 0.238. The van der Waals surface area contributed by atoms with Gasteiger partial charge in [0.25, 0.3) is 0 Å². The van der Waals surface area contributed by atoms with Gasteiger partial charge in [0.05, 0.1) is 4.90 Å². The second kappa shape index (κ2) is 7.69. The average molecular weight is 395 g/mol. The Morgan fingerprint density at radius 1 is 1.11 bits per heavy atom. The Kier molecular flexibility index (Phi) is 5.11. The molecule has 1 atom stereocenters. The highest BCUT2D eigenvalue weighted by molar-refractivity contribution is 7.89. The number of carbonyl (C=O) groups excluding carboxylic acids is 1. The first kappa shape index (κ1) is 18.6. The van der Waals surface area contributed by atoms with Crippen LogP contribution in [0.15, 0.2) is 71.9 Å². The molecule has 1 fully saturated rings. The number of rotatable bonds is 5. The molecular formula is C21H21N3O3S. The molecule has 6 nitrogen and oxygen atoms in total. The lowest BCUT2D eigenvalue weighted by Gasteiger charge is -2.23. The Labute approximate surface area is 164 Å². The maximum atomic E-state index is 13.2. The Bertz CT molecular complexity index is 1100. The highest BCUT2D eigenvalue weighted by Gasteiger charge is 2.39. The van der Waals surface area contributed by atoms with Crippen LogP contribution in [0.4, 0.5) is 0 Å². The lowest BCUT2D eigenvalue weighted by molar-refractivity contribution is -0.124. The highest BCUT2D eigenvalue weighted by atomic mass is 32.2. The van der Waals surface area contributed by atoms with Gasteiger partial charge < -0.3 is 5.32 Å². The van der Waals surface area contributed by atoms with Crippen LogP contribution in [0.25, 0.3) is 10.8 Å². The second-order valence-electron chi connectivity index (χ2n) is 6.86. The van der Waals surface area contributed by atoms with Crippen LogP contribution in [0.2, 0.25) is 0 Å². The predicted octanol–water partition coefficient (Wildman–Crippen LogP) is 2.70. The van der Waals surface area contributed by atoms with E-state index in [0.29, 0.717) is 25.9 Å². The van der Waals surface area contributed by atoms with Crippen LogP contribution in [-0.4, -0.2) is 36.2 Å². The number of pyridine rings is 1. The van der Waals surface area contributed by atoms with Gasteiger partial charge in [-0.15, -0.1) is 0 Å². The SMILES string of the molecule is O=C(NCc1cccnc1)[C@@H]1CCCN1S(=O)(=O)c1ccc2ccccc2c1. The molecule has 4 rings (SSSR count). The molecule has 2 aromatic carbocycles. The van der Waals surface area contributed by atoms with Gasteiger partial charge in [0.15, 0.2) is 0 Å². The van der Waals surface area contributed by atoms with Crippen molar-refractivity contribution in [2.45, 2.75) is 30.3 Å². The summed E-state index contributed by atoms with van der Waals surface area (Å²) in [4.78, 5) is 16.9. The minimum Gasteiger partial charge on any atom is -0.351 e. The van der Waals surface area contributed by atoms with Crippen molar-refractivity contribution in [2.75, 3.05) is 6.54 Å². The van der Waals surface area contributed by atoms with E-state index in [2.05, 4.69) is 10.3 Å². The fourth-order valence-corrected chi connectivity index (χ4v) is 5.26. The number of aromatic nitrogens is 1. The maximum Gasteiger partial charge on any atom is 0.243 e. The molecule has 3 aromatic rings. The molecule has 2 heterocycles. The number of nitrogens with one attached hydrogen (secondary N) is 1. The number of sulfonamides is 1. The van der Waals surface area contributed by atoms with E-state index in [0.717, 1.165) is 16.3 Å². The molecule has 28 heavy (non-hydrogen) atoms. The van der Waals surface area contributed by atoms with E-state index in [9.17, 15) is 13.2 Å². The zero-order chi connectivity index (χ0) is 19.6. The van der Waals surface area contributed by atoms with Crippen molar-refractivity contribution in [2.24, 2.45) is 0 Å². The van der Waals surface area contributed by atoms with Gasteiger partial charge in [-0.3, -0.25) is 9.78 Å². The molecule has 0 unspecified atom stereocenters. The van der Waals surface area contributed by atoms with Crippen molar-refractivity contribution in [3.05, 3.63) is 72.6 Å². The summed E-state index contributed by atoms with van der Waals surface area (Å²) in [5.74, 6) is -0.272. The van der Waals surface area contributed by atoms with Gasteiger partial charge in [0.1, 0.15) is 6.04 Å². The van der Waals surface area contributed by atoms with Gasteiger partial charge in [-0.05, 0) is 47.4 Å². The van der Waals surface area contributed by atoms with Crippen molar-refractivity contribution in [3.63, 3.8) is 0 Å². The predicted molar refractivity (Wildman–Crippen MR) is 107 cm³/mol. The summed E-state index contributed by atoms with van der Waals surface area (Å²) in [7, 11) is -3.75. The van der Waals surface area contributed by atoms with Crippen LogP contribution in [-0.2, 0) is 21.4 Å². The molecular weight excluding hydrogens is 374 g/mol. The van der Waals surface area contributed by atoms with Gasteiger partial charge in [-0.1, -0.05) is 36.4 Å². The summed E-state index contributed by atoms with van der Waals surface area (Å²) in [6.45, 7) is 0.674. The third kappa shape index (κ3) is 3.63. The van der Waals surface area contributed by atoms with E-state index in [1.165, 1.54) is 4.31 Å². The first-order valence-electron chi connectivity index (χ1n) is 9.23. The summed E-state index contributed by atoms with van der Waals surface area (Å²) >= 11 is 0. The van der Waals surface area contributed by atoms with E-state index in [1.807, 2.05) is 30.3 Å². The van der Waals surface area contributed by atoms with E-state index < -0.39 is 16.1 Å². The Morgan fingerprint density at radius 3 is 2.71 bits per heavy atom. The molecule has 1 aliphatic heterocycles. The Hall–Kier alpha value is -2.77. The second-order valence-corrected chi connectivity index (χ2v) is 8.75. The van der Waals surface area contributed by atoms with Gasteiger partial charge >= 0.3 is 0 Å². The lowest BCUT2D eigenvalue weighted by Crippen LogP contribution is -2.45. The summed E-state index contributed by atoms with van der Waals surface area (Å²) < 4.78 is 27.7. The molecule has 0 bridgehead atoms. The van der Waals surface area contributed by atoms with Crippen LogP contribution in [0.3, 0.4) is 0 Å². The lowest BCUT2D eigenvalue weighted by atomic mass is 10.1. The fourth-order valence-electron chi connectivity index (χ4n) is 3.56. The van der Waals surface area contributed by atoms with Crippen LogP contribution >= 0.6 is 0 Å². The largest absolute Gasteiger partial charge is 0.351 e. The quantitative estimate of drug-likeness (QED) is 0.720. The van der Waals surface area contributed by atoms with Crippen molar-refractivity contribution < 1.29 is 13.2 Å². The van der Waals surface area contributed by atoms with Gasteiger partial charge in [0, 0.05) is 25.5 Å². The van der Waals surface area contributed by atoms with Crippen LogP contribution < -0.4 is 5.32 Å². The molecule has 1 aromatic heterocycles. The molecule has 0 aliphatic carbocycles. The number of hydrogen-bond donors (Lipinski definition) is 1. The van der Waals surface area contributed by atoms with Crippen LogP contribution in [0.1, 0.15) is 18.4 Å². The summed E-state index contributed by atoms with van der Waals surface area (Å²) in [5, 5.41) is 4.68. The number of carbonyl (C=O) groups is 1. The number of fused-ring (bicyclic) bond motifs is 1. The molecule has 0 saturated carbocycles. The summed E-state index contributed by atoms with van der Waals surface area (Å²) in [5.41, 5.74) is 0.873. The third-order valence-electron chi connectivity index (χ3n) is 5.02. The highest BCUT2D eigenvalue weighted by Crippen LogP contribution is 2.28. The molecule has 1 N–H and O–H groups in total. The van der Waals surface area contributed by atoms with Crippen molar-refractivity contribution in [1.29, 1.82) is 0 Å². The monoisotopic (exact) mass is 395 g/mol. The minimum absolute atomic E-state index is 0.221. The topological polar surface area (TPSA) is 79.4 Å². The number of benzene rings is 2. The maximum absolute atomic E-state index is 13.2. The Morgan fingerprint density at radius 2 is 1.93 bits per heavy atom. The summed E-state index contributed by atoms with van der Waals surface area (Å²) in [6, 6.07) is 15.7. The first-order valence-corrected chi connectivity index (χ1v) is 10.7. The number of hydrogen-bond acceptors (Lipinski definition) is 4. The van der Waals surface area contributed by atoms with Crippen molar-refractivity contribution in [1.82, 2.24) is 14.6 Å². The first-order chi connectivity index (χ1) is 13.6. The minimum atomic E-state index is -3.75. The van der Waals surface area contributed by atoms with E-state index in [4.69, 9.17) is 0 Å². The summed E-state index contributed by atoms with van der Waals surface area (Å²) in [6.07, 6.45) is 4.53. The molecule has 1 aliphatic rings. The molecule has 144 valence electrons. The molecule has 1 saturated heterocycles. The molecule has 0 spiro atoms. The van der Waals surface area contributed by atoms with Crippen molar-refractivity contribution in [3.8, 4) is 0 Å².